The maximum absolute atomic E-state index is 13.1. The summed E-state index contributed by atoms with van der Waals surface area (Å²) in [6.07, 6.45) is -4.51. The molecule has 1 aromatic carbocycles. The average molecular weight is 384 g/mol. The summed E-state index contributed by atoms with van der Waals surface area (Å²) in [7, 11) is 1.24. The lowest BCUT2D eigenvalue weighted by molar-refractivity contribution is -0.138. The Kier molecular flexibility index (Phi) is 6.14. The molecule has 0 aliphatic rings. The van der Waals surface area contributed by atoms with Gasteiger partial charge in [0.15, 0.2) is 0 Å². The summed E-state index contributed by atoms with van der Waals surface area (Å²) >= 11 is 0. The zero-order valence-electron chi connectivity index (χ0n) is 14.9. The van der Waals surface area contributed by atoms with Crippen LogP contribution in [0.1, 0.15) is 46.0 Å². The zero-order chi connectivity index (χ0) is 20.2. The fourth-order valence-electron chi connectivity index (χ4n) is 2.57. The van der Waals surface area contributed by atoms with Crippen LogP contribution in [0.15, 0.2) is 34.7 Å². The molecule has 0 bridgehead atoms. The number of hydrogen-bond acceptors (Lipinski definition) is 4. The van der Waals surface area contributed by atoms with Crippen LogP contribution in [0.2, 0.25) is 0 Å². The van der Waals surface area contributed by atoms with Gasteiger partial charge in [0.2, 0.25) is 0 Å². The van der Waals surface area contributed by atoms with Gasteiger partial charge in [0.05, 0.1) is 25.3 Å². The summed E-state index contributed by atoms with van der Waals surface area (Å²) in [5.74, 6) is 0.0854. The number of carbonyl (C=O) groups is 2. The monoisotopic (exact) mass is 384 g/mol. The fourth-order valence-corrected chi connectivity index (χ4v) is 2.57. The predicted molar refractivity (Wildman–Crippen MR) is 90.0 cm³/mol. The van der Waals surface area contributed by atoms with E-state index in [0.717, 1.165) is 6.07 Å². The lowest BCUT2D eigenvalue weighted by Gasteiger charge is -2.19. The van der Waals surface area contributed by atoms with Crippen LogP contribution in [0.3, 0.4) is 0 Å². The topological polar surface area (TPSA) is 80.6 Å². The van der Waals surface area contributed by atoms with Gasteiger partial charge in [-0.2, -0.15) is 13.2 Å². The standard InChI is InChI=1S/C18H19F3N2O4/c1-10(13-6-4-5-7-15(13)18(19,20)21)23-17(25)22-9-12-8-14(11(2)27-12)16(24)26-3/h4-8,10H,9H2,1-3H3,(H2,22,23,25)/t10-/m1/s1. The number of methoxy groups -OCH3 is 1. The quantitative estimate of drug-likeness (QED) is 0.765. The molecule has 0 radical (unpaired) electrons. The molecular weight excluding hydrogens is 365 g/mol. The van der Waals surface area contributed by atoms with E-state index in [0.29, 0.717) is 11.5 Å². The number of ether oxygens (including phenoxy) is 1. The molecule has 0 aliphatic heterocycles. The third kappa shape index (κ3) is 5.02. The molecule has 6 nitrogen and oxygen atoms in total. The van der Waals surface area contributed by atoms with Gasteiger partial charge in [0.25, 0.3) is 0 Å². The zero-order valence-corrected chi connectivity index (χ0v) is 14.9. The maximum Gasteiger partial charge on any atom is 0.416 e. The molecule has 2 rings (SSSR count). The first-order valence-electron chi connectivity index (χ1n) is 8.01. The van der Waals surface area contributed by atoms with E-state index in [1.807, 2.05) is 0 Å². The van der Waals surface area contributed by atoms with Gasteiger partial charge in [-0.3, -0.25) is 0 Å². The van der Waals surface area contributed by atoms with E-state index in [1.54, 1.807) is 6.92 Å². The molecule has 0 spiro atoms. The largest absolute Gasteiger partial charge is 0.465 e. The van der Waals surface area contributed by atoms with Crippen molar-refractivity contribution in [3.8, 4) is 0 Å². The van der Waals surface area contributed by atoms with Crippen molar-refractivity contribution in [2.45, 2.75) is 32.6 Å². The van der Waals surface area contributed by atoms with Crippen molar-refractivity contribution in [3.05, 3.63) is 58.5 Å². The number of halogens is 3. The first-order valence-corrected chi connectivity index (χ1v) is 8.01. The Balaban J connectivity index is 2.00. The highest BCUT2D eigenvalue weighted by Gasteiger charge is 2.34. The van der Waals surface area contributed by atoms with Crippen LogP contribution in [-0.2, 0) is 17.5 Å². The minimum Gasteiger partial charge on any atom is -0.465 e. The molecule has 1 aromatic heterocycles. The molecule has 2 amide bonds. The second kappa shape index (κ2) is 8.15. The van der Waals surface area contributed by atoms with E-state index < -0.39 is 29.8 Å². The van der Waals surface area contributed by atoms with Crippen LogP contribution < -0.4 is 10.6 Å². The molecular formula is C18H19F3N2O4. The number of nitrogens with one attached hydrogen (secondary N) is 2. The van der Waals surface area contributed by atoms with Gasteiger partial charge in [-0.25, -0.2) is 9.59 Å². The van der Waals surface area contributed by atoms with Crippen molar-refractivity contribution in [1.82, 2.24) is 10.6 Å². The fraction of sp³-hybridized carbons (Fsp3) is 0.333. The summed E-state index contributed by atoms with van der Waals surface area (Å²) < 4.78 is 49.2. The van der Waals surface area contributed by atoms with Gasteiger partial charge in [-0.15, -0.1) is 0 Å². The number of alkyl halides is 3. The number of rotatable bonds is 5. The maximum atomic E-state index is 13.1. The second-order valence-corrected chi connectivity index (χ2v) is 5.81. The molecule has 27 heavy (non-hydrogen) atoms. The van der Waals surface area contributed by atoms with Crippen LogP contribution in [-0.4, -0.2) is 19.1 Å². The van der Waals surface area contributed by atoms with Crippen molar-refractivity contribution >= 4 is 12.0 Å². The Hall–Kier alpha value is -2.97. The number of aryl methyl sites for hydroxylation is 1. The van der Waals surface area contributed by atoms with Crippen LogP contribution in [0, 0.1) is 6.92 Å². The Bertz CT molecular complexity index is 830. The molecule has 0 saturated carbocycles. The molecule has 146 valence electrons. The molecule has 2 aromatic rings. The molecule has 0 fully saturated rings. The van der Waals surface area contributed by atoms with Crippen LogP contribution in [0.5, 0.6) is 0 Å². The van der Waals surface area contributed by atoms with Crippen molar-refractivity contribution < 1.29 is 31.9 Å². The molecule has 1 atom stereocenters. The van der Waals surface area contributed by atoms with Crippen molar-refractivity contribution in [2.75, 3.05) is 7.11 Å². The minimum absolute atomic E-state index is 0.0398. The first kappa shape index (κ1) is 20.3. The SMILES string of the molecule is COC(=O)c1cc(CNC(=O)N[C@H](C)c2ccccc2C(F)(F)F)oc1C. The smallest absolute Gasteiger partial charge is 0.416 e. The van der Waals surface area contributed by atoms with E-state index in [1.165, 1.54) is 38.3 Å². The van der Waals surface area contributed by atoms with E-state index in [4.69, 9.17) is 4.42 Å². The highest BCUT2D eigenvalue weighted by Crippen LogP contribution is 2.34. The number of amides is 2. The van der Waals surface area contributed by atoms with Gasteiger partial charge < -0.3 is 19.8 Å². The van der Waals surface area contributed by atoms with Gasteiger partial charge in [-0.1, -0.05) is 18.2 Å². The average Bonchev–Trinajstić information content (AvgIpc) is 2.99. The van der Waals surface area contributed by atoms with Crippen LogP contribution in [0.25, 0.3) is 0 Å². The van der Waals surface area contributed by atoms with Gasteiger partial charge in [0.1, 0.15) is 17.1 Å². The summed E-state index contributed by atoms with van der Waals surface area (Å²) in [6.45, 7) is 2.99. The van der Waals surface area contributed by atoms with E-state index in [9.17, 15) is 22.8 Å². The number of urea groups is 1. The number of benzene rings is 1. The molecule has 0 aliphatic carbocycles. The summed E-state index contributed by atoms with van der Waals surface area (Å²) in [5, 5.41) is 4.93. The highest BCUT2D eigenvalue weighted by molar-refractivity contribution is 5.90. The molecule has 0 saturated heterocycles. The number of furan rings is 1. The number of carbonyl (C=O) groups excluding carboxylic acids is 2. The molecule has 2 N–H and O–H groups in total. The van der Waals surface area contributed by atoms with Crippen LogP contribution in [0.4, 0.5) is 18.0 Å². The third-order valence-electron chi connectivity index (χ3n) is 3.88. The summed E-state index contributed by atoms with van der Waals surface area (Å²) in [4.78, 5) is 23.5. The van der Waals surface area contributed by atoms with Crippen molar-refractivity contribution in [3.63, 3.8) is 0 Å². The Labute approximate surface area is 153 Å². The second-order valence-electron chi connectivity index (χ2n) is 5.81. The Morgan fingerprint density at radius 2 is 1.93 bits per heavy atom. The lowest BCUT2D eigenvalue weighted by Crippen LogP contribution is -2.37. The van der Waals surface area contributed by atoms with Gasteiger partial charge in [-0.05, 0) is 31.5 Å². The highest BCUT2D eigenvalue weighted by atomic mass is 19.4. The first-order chi connectivity index (χ1) is 12.6. The van der Waals surface area contributed by atoms with E-state index in [-0.39, 0.29) is 17.7 Å². The Morgan fingerprint density at radius 1 is 1.26 bits per heavy atom. The van der Waals surface area contributed by atoms with Gasteiger partial charge in [0, 0.05) is 0 Å². The molecule has 1 heterocycles. The summed E-state index contributed by atoms with van der Waals surface area (Å²) in [5.41, 5.74) is -0.605. The predicted octanol–water partition coefficient (Wildman–Crippen LogP) is 3.95. The number of esters is 1. The van der Waals surface area contributed by atoms with E-state index >= 15 is 0 Å². The number of hydrogen-bond donors (Lipinski definition) is 2. The van der Waals surface area contributed by atoms with E-state index in [2.05, 4.69) is 15.4 Å². The normalized spacial score (nSPS) is 12.4. The third-order valence-corrected chi connectivity index (χ3v) is 3.88. The van der Waals surface area contributed by atoms with Crippen molar-refractivity contribution in [2.24, 2.45) is 0 Å². The Morgan fingerprint density at radius 3 is 2.56 bits per heavy atom. The van der Waals surface area contributed by atoms with Crippen molar-refractivity contribution in [1.29, 1.82) is 0 Å². The lowest BCUT2D eigenvalue weighted by atomic mass is 10.0. The molecule has 9 heteroatoms. The minimum atomic E-state index is -4.51. The molecule has 0 unspecified atom stereocenters. The van der Waals surface area contributed by atoms with Crippen LogP contribution >= 0.6 is 0 Å². The van der Waals surface area contributed by atoms with Gasteiger partial charge >= 0.3 is 18.2 Å². The summed E-state index contributed by atoms with van der Waals surface area (Å²) in [6, 6.07) is 4.93.